The fraction of sp³-hybridized carbons (Fsp3) is 0.208. The second-order valence-corrected chi connectivity index (χ2v) is 10.1. The van der Waals surface area contributed by atoms with Crippen LogP contribution in [0.4, 0.5) is 5.69 Å². The molecule has 1 unspecified atom stereocenters. The summed E-state index contributed by atoms with van der Waals surface area (Å²) in [6.07, 6.45) is 0. The van der Waals surface area contributed by atoms with Crippen LogP contribution in [0.5, 0.6) is 0 Å². The molecule has 0 bridgehead atoms. The van der Waals surface area contributed by atoms with Crippen LogP contribution in [0.2, 0.25) is 0 Å². The Bertz CT molecular complexity index is 1130. The van der Waals surface area contributed by atoms with Crippen molar-refractivity contribution < 1.29 is 13.2 Å². The third-order valence-corrected chi connectivity index (χ3v) is 7.98. The predicted molar refractivity (Wildman–Crippen MR) is 126 cm³/mol. The highest BCUT2D eigenvalue weighted by Crippen LogP contribution is 2.33. The minimum Gasteiger partial charge on any atom is -0.375 e. The number of sulfonamides is 1. The van der Waals surface area contributed by atoms with Crippen LogP contribution in [0.3, 0.4) is 0 Å². The third kappa shape index (κ3) is 5.18. The highest BCUT2D eigenvalue weighted by molar-refractivity contribution is 8.15. The van der Waals surface area contributed by atoms with Gasteiger partial charge in [0, 0.05) is 5.75 Å². The maximum atomic E-state index is 13.6. The van der Waals surface area contributed by atoms with Gasteiger partial charge in [-0.15, -0.1) is 0 Å². The predicted octanol–water partition coefficient (Wildman–Crippen LogP) is 5.01. The molecule has 0 aliphatic carbocycles. The smallest absolute Gasteiger partial charge is 0.266 e. The van der Waals surface area contributed by atoms with Crippen LogP contribution >= 0.6 is 11.8 Å². The van der Waals surface area contributed by atoms with Crippen molar-refractivity contribution in [3.05, 3.63) is 96.1 Å². The Morgan fingerprint density at radius 1 is 0.968 bits per heavy atom. The topological polar surface area (TPSA) is 59.0 Å². The van der Waals surface area contributed by atoms with Crippen LogP contribution < -0.4 is 0 Å². The van der Waals surface area contributed by atoms with Gasteiger partial charge in [-0.05, 0) is 36.8 Å². The number of aliphatic imine (C=N–C) groups is 1. The van der Waals surface area contributed by atoms with Crippen molar-refractivity contribution in [1.82, 2.24) is 4.31 Å². The van der Waals surface area contributed by atoms with Gasteiger partial charge in [0.1, 0.15) is 0 Å². The summed E-state index contributed by atoms with van der Waals surface area (Å²) in [5.74, 6) is 0.589. The van der Waals surface area contributed by atoms with Gasteiger partial charge in [0.05, 0.1) is 29.8 Å². The highest BCUT2D eigenvalue weighted by Gasteiger charge is 2.40. The SMILES string of the molecule is Cc1ccc(S(=O)(=O)N2C(=Nc3ccccc3)SCC2COCc2ccccc2)cc1. The third-order valence-electron chi connectivity index (χ3n) is 4.91. The molecule has 1 atom stereocenters. The molecule has 0 aromatic heterocycles. The van der Waals surface area contributed by atoms with Gasteiger partial charge >= 0.3 is 0 Å². The van der Waals surface area contributed by atoms with Crippen molar-refractivity contribution in [3.8, 4) is 0 Å². The van der Waals surface area contributed by atoms with E-state index in [1.807, 2.05) is 79.7 Å². The summed E-state index contributed by atoms with van der Waals surface area (Å²) in [6, 6.07) is 25.9. The first-order valence-corrected chi connectivity index (χ1v) is 12.5. The highest BCUT2D eigenvalue weighted by atomic mass is 32.2. The van der Waals surface area contributed by atoms with Gasteiger partial charge in [0.2, 0.25) is 0 Å². The lowest BCUT2D eigenvalue weighted by Gasteiger charge is -2.25. The summed E-state index contributed by atoms with van der Waals surface area (Å²) >= 11 is 1.44. The van der Waals surface area contributed by atoms with Gasteiger partial charge in [-0.25, -0.2) is 17.7 Å². The average molecular weight is 453 g/mol. The summed E-state index contributed by atoms with van der Waals surface area (Å²) in [5.41, 5.74) is 2.79. The van der Waals surface area contributed by atoms with Gasteiger partial charge < -0.3 is 4.74 Å². The second-order valence-electron chi connectivity index (χ2n) is 7.31. The first kappa shape index (κ1) is 21.6. The summed E-state index contributed by atoms with van der Waals surface area (Å²) in [6.45, 7) is 2.66. The Morgan fingerprint density at radius 2 is 1.61 bits per heavy atom. The van der Waals surface area contributed by atoms with Crippen LogP contribution in [0.1, 0.15) is 11.1 Å². The average Bonchev–Trinajstić information content (AvgIpc) is 3.18. The lowest BCUT2D eigenvalue weighted by atomic mass is 10.2. The molecule has 1 saturated heterocycles. The number of thioether (sulfide) groups is 1. The number of hydrogen-bond acceptors (Lipinski definition) is 5. The Labute approximate surface area is 187 Å². The maximum Gasteiger partial charge on any atom is 0.266 e. The van der Waals surface area contributed by atoms with Gasteiger partial charge in [-0.2, -0.15) is 0 Å². The second kappa shape index (κ2) is 9.68. The number of para-hydroxylation sites is 1. The quantitative estimate of drug-likeness (QED) is 0.506. The van der Waals surface area contributed by atoms with E-state index in [1.54, 1.807) is 12.1 Å². The molecule has 1 aliphatic heterocycles. The molecule has 1 aliphatic rings. The summed E-state index contributed by atoms with van der Waals surface area (Å²) < 4.78 is 34.5. The zero-order chi connectivity index (χ0) is 21.7. The first-order valence-electron chi connectivity index (χ1n) is 10.0. The van der Waals surface area contributed by atoms with E-state index in [-0.39, 0.29) is 10.9 Å². The number of benzene rings is 3. The van der Waals surface area contributed by atoms with Crippen molar-refractivity contribution in [1.29, 1.82) is 0 Å². The zero-order valence-corrected chi connectivity index (χ0v) is 18.9. The van der Waals surface area contributed by atoms with Crippen LogP contribution in [-0.4, -0.2) is 36.3 Å². The standard InChI is InChI=1S/C24H24N2O3S2/c1-19-12-14-23(15-13-19)31(27,28)26-22(17-29-16-20-8-4-2-5-9-20)18-30-24(26)25-21-10-6-3-7-11-21/h2-15,22H,16-18H2,1H3. The Kier molecular flexibility index (Phi) is 6.75. The van der Waals surface area contributed by atoms with Crippen LogP contribution in [0.15, 0.2) is 94.8 Å². The van der Waals surface area contributed by atoms with E-state index in [0.717, 1.165) is 16.8 Å². The van der Waals surface area contributed by atoms with E-state index >= 15 is 0 Å². The number of nitrogens with zero attached hydrogens (tertiary/aromatic N) is 2. The van der Waals surface area contributed by atoms with Crippen molar-refractivity contribution in [2.45, 2.75) is 24.5 Å². The van der Waals surface area contributed by atoms with Crippen molar-refractivity contribution in [3.63, 3.8) is 0 Å². The molecular weight excluding hydrogens is 428 g/mol. The van der Waals surface area contributed by atoms with Crippen molar-refractivity contribution in [2.75, 3.05) is 12.4 Å². The molecule has 3 aromatic carbocycles. The maximum absolute atomic E-state index is 13.6. The Hall–Kier alpha value is -2.61. The fourth-order valence-corrected chi connectivity index (χ4v) is 6.34. The van der Waals surface area contributed by atoms with Crippen LogP contribution in [-0.2, 0) is 21.4 Å². The number of aryl methyl sites for hydroxylation is 1. The van der Waals surface area contributed by atoms with Crippen molar-refractivity contribution >= 4 is 32.6 Å². The number of hydrogen-bond donors (Lipinski definition) is 0. The lowest BCUT2D eigenvalue weighted by molar-refractivity contribution is 0.0971. The molecule has 1 heterocycles. The van der Waals surface area contributed by atoms with E-state index in [4.69, 9.17) is 4.74 Å². The van der Waals surface area contributed by atoms with E-state index in [2.05, 4.69) is 4.99 Å². The van der Waals surface area contributed by atoms with Gasteiger partial charge in [-0.1, -0.05) is 78.0 Å². The molecule has 4 rings (SSSR count). The molecule has 5 nitrogen and oxygen atoms in total. The van der Waals surface area contributed by atoms with E-state index in [0.29, 0.717) is 24.1 Å². The summed E-state index contributed by atoms with van der Waals surface area (Å²) in [4.78, 5) is 4.89. The van der Waals surface area contributed by atoms with Gasteiger partial charge in [-0.3, -0.25) is 0 Å². The lowest BCUT2D eigenvalue weighted by Crippen LogP contribution is -2.41. The van der Waals surface area contributed by atoms with E-state index < -0.39 is 10.0 Å². The minimum atomic E-state index is -3.77. The largest absolute Gasteiger partial charge is 0.375 e. The summed E-state index contributed by atoms with van der Waals surface area (Å²) in [5, 5.41) is 0.472. The first-order chi connectivity index (χ1) is 15.0. The Balaban J connectivity index is 1.61. The fourth-order valence-electron chi connectivity index (χ4n) is 3.28. The molecule has 0 saturated carbocycles. The zero-order valence-electron chi connectivity index (χ0n) is 17.2. The molecule has 160 valence electrons. The van der Waals surface area contributed by atoms with Gasteiger partial charge in [0.25, 0.3) is 10.0 Å². The molecule has 0 spiro atoms. The molecule has 7 heteroatoms. The monoisotopic (exact) mass is 452 g/mol. The minimum absolute atomic E-state index is 0.259. The number of ether oxygens (including phenoxy) is 1. The van der Waals surface area contributed by atoms with E-state index in [1.165, 1.54) is 16.1 Å². The van der Waals surface area contributed by atoms with E-state index in [9.17, 15) is 8.42 Å². The van der Waals surface area contributed by atoms with Crippen LogP contribution in [0.25, 0.3) is 0 Å². The summed E-state index contributed by atoms with van der Waals surface area (Å²) in [7, 11) is -3.77. The van der Waals surface area contributed by atoms with Gasteiger partial charge in [0.15, 0.2) is 5.17 Å². The molecule has 0 N–H and O–H groups in total. The number of rotatable bonds is 7. The molecular formula is C24H24N2O3S2. The van der Waals surface area contributed by atoms with Crippen LogP contribution in [0, 0.1) is 6.92 Å². The molecule has 31 heavy (non-hydrogen) atoms. The number of amidine groups is 1. The molecule has 0 radical (unpaired) electrons. The molecule has 0 amide bonds. The molecule has 1 fully saturated rings. The molecule has 3 aromatic rings. The normalized spacial score (nSPS) is 17.9. The Morgan fingerprint density at radius 3 is 2.29 bits per heavy atom. The van der Waals surface area contributed by atoms with Crippen molar-refractivity contribution in [2.24, 2.45) is 4.99 Å².